The van der Waals surface area contributed by atoms with E-state index in [1.807, 2.05) is 24.3 Å². The topological polar surface area (TPSA) is 47.6 Å². The first-order valence-corrected chi connectivity index (χ1v) is 12.4. The minimum Gasteiger partial charge on any atom is -0.355 e. The van der Waals surface area contributed by atoms with Crippen LogP contribution in [0.2, 0.25) is 0 Å². The molecule has 33 heavy (non-hydrogen) atoms. The van der Waals surface area contributed by atoms with Crippen molar-refractivity contribution in [3.8, 4) is 0 Å². The molecule has 6 heteroatoms. The predicted molar refractivity (Wildman–Crippen MR) is 132 cm³/mol. The second-order valence-corrected chi connectivity index (χ2v) is 9.37. The van der Waals surface area contributed by atoms with Crippen LogP contribution in [0.25, 0.3) is 0 Å². The summed E-state index contributed by atoms with van der Waals surface area (Å²) in [4.78, 5) is 18.4. The van der Waals surface area contributed by atoms with E-state index in [9.17, 15) is 9.18 Å². The number of aryl methyl sites for hydroxylation is 1. The number of carbonyl (C=O) groups is 1. The molecular formula is C27H37FN4O. The van der Waals surface area contributed by atoms with Gasteiger partial charge in [-0.3, -0.25) is 9.69 Å². The first kappa shape index (κ1) is 23.7. The van der Waals surface area contributed by atoms with Crippen molar-refractivity contribution in [1.82, 2.24) is 15.5 Å². The molecule has 4 rings (SSSR count). The van der Waals surface area contributed by atoms with Crippen LogP contribution in [0, 0.1) is 12.7 Å². The van der Waals surface area contributed by atoms with Crippen LogP contribution in [-0.2, 0) is 4.79 Å². The van der Waals surface area contributed by atoms with Gasteiger partial charge in [0.25, 0.3) is 0 Å². The SMILES string of the molecule is Cc1ccccc1C(C(=O)NC1CCCCC1)N(CCN1CCNCC1)c1cccc(F)c1. The fraction of sp³-hybridized carbons (Fsp3) is 0.519. The molecule has 1 atom stereocenters. The number of anilines is 1. The maximum absolute atomic E-state index is 14.3. The summed E-state index contributed by atoms with van der Waals surface area (Å²) in [5.41, 5.74) is 2.80. The Bertz CT molecular complexity index is 908. The van der Waals surface area contributed by atoms with Crippen molar-refractivity contribution in [2.45, 2.75) is 51.1 Å². The molecule has 1 amide bonds. The lowest BCUT2D eigenvalue weighted by Crippen LogP contribution is -2.49. The van der Waals surface area contributed by atoms with E-state index in [4.69, 9.17) is 0 Å². The molecule has 0 spiro atoms. The van der Waals surface area contributed by atoms with Crippen LogP contribution in [0.3, 0.4) is 0 Å². The highest BCUT2D eigenvalue weighted by Gasteiger charge is 2.31. The summed E-state index contributed by atoms with van der Waals surface area (Å²) < 4.78 is 14.3. The molecule has 2 fully saturated rings. The van der Waals surface area contributed by atoms with Crippen LogP contribution >= 0.6 is 0 Å². The molecule has 1 aliphatic carbocycles. The Morgan fingerprint density at radius 3 is 2.61 bits per heavy atom. The van der Waals surface area contributed by atoms with Crippen molar-refractivity contribution in [3.63, 3.8) is 0 Å². The monoisotopic (exact) mass is 452 g/mol. The van der Waals surface area contributed by atoms with E-state index >= 15 is 0 Å². The van der Waals surface area contributed by atoms with Crippen LogP contribution in [0.15, 0.2) is 48.5 Å². The summed E-state index contributed by atoms with van der Waals surface area (Å²) in [5, 5.41) is 6.74. The summed E-state index contributed by atoms with van der Waals surface area (Å²) in [6.45, 7) is 7.46. The zero-order chi connectivity index (χ0) is 23.0. The maximum Gasteiger partial charge on any atom is 0.247 e. The molecule has 5 nitrogen and oxygen atoms in total. The summed E-state index contributed by atoms with van der Waals surface area (Å²) in [6.07, 6.45) is 5.64. The fourth-order valence-electron chi connectivity index (χ4n) is 5.12. The zero-order valence-corrected chi connectivity index (χ0v) is 19.7. The molecule has 2 N–H and O–H groups in total. The number of benzene rings is 2. The summed E-state index contributed by atoms with van der Waals surface area (Å²) >= 11 is 0. The van der Waals surface area contributed by atoms with Gasteiger partial charge in [0.1, 0.15) is 11.9 Å². The van der Waals surface area contributed by atoms with Crippen molar-refractivity contribution in [3.05, 3.63) is 65.5 Å². The largest absolute Gasteiger partial charge is 0.355 e. The van der Waals surface area contributed by atoms with Gasteiger partial charge in [-0.05, 0) is 49.1 Å². The maximum atomic E-state index is 14.3. The highest BCUT2D eigenvalue weighted by Crippen LogP contribution is 2.31. The van der Waals surface area contributed by atoms with Crippen molar-refractivity contribution in [2.75, 3.05) is 44.2 Å². The number of nitrogens with zero attached hydrogens (tertiary/aromatic N) is 2. The van der Waals surface area contributed by atoms with Crippen LogP contribution < -0.4 is 15.5 Å². The van der Waals surface area contributed by atoms with Gasteiger partial charge in [-0.25, -0.2) is 4.39 Å². The van der Waals surface area contributed by atoms with Gasteiger partial charge in [-0.15, -0.1) is 0 Å². The molecule has 2 aromatic rings. The Balaban J connectivity index is 1.66. The molecule has 0 radical (unpaired) electrons. The Morgan fingerprint density at radius 2 is 1.88 bits per heavy atom. The van der Waals surface area contributed by atoms with E-state index in [0.717, 1.165) is 75.2 Å². The van der Waals surface area contributed by atoms with E-state index in [1.54, 1.807) is 12.1 Å². The van der Waals surface area contributed by atoms with Gasteiger partial charge in [0, 0.05) is 51.0 Å². The average molecular weight is 453 g/mol. The second-order valence-electron chi connectivity index (χ2n) is 9.37. The Morgan fingerprint density at radius 1 is 1.12 bits per heavy atom. The lowest BCUT2D eigenvalue weighted by molar-refractivity contribution is -0.123. The molecule has 0 aromatic heterocycles. The van der Waals surface area contributed by atoms with Crippen molar-refractivity contribution >= 4 is 11.6 Å². The third kappa shape index (κ3) is 6.33. The quantitative estimate of drug-likeness (QED) is 0.635. The van der Waals surface area contributed by atoms with E-state index < -0.39 is 6.04 Å². The number of piperazine rings is 1. The molecule has 2 aliphatic rings. The summed E-state index contributed by atoms with van der Waals surface area (Å²) in [6, 6.07) is 14.5. The van der Waals surface area contributed by atoms with Crippen molar-refractivity contribution in [2.24, 2.45) is 0 Å². The van der Waals surface area contributed by atoms with Crippen LogP contribution in [0.4, 0.5) is 10.1 Å². The van der Waals surface area contributed by atoms with Gasteiger partial charge < -0.3 is 15.5 Å². The third-order valence-electron chi connectivity index (χ3n) is 7.00. The van der Waals surface area contributed by atoms with Gasteiger partial charge in [-0.1, -0.05) is 49.6 Å². The highest BCUT2D eigenvalue weighted by molar-refractivity contribution is 5.87. The van der Waals surface area contributed by atoms with E-state index in [1.165, 1.54) is 12.5 Å². The standard InChI is InChI=1S/C27H37FN4O/c1-21-8-5-6-13-25(21)26(27(33)30-23-10-3-2-4-11-23)32(24-12-7-9-22(28)20-24)19-18-31-16-14-29-15-17-31/h5-9,12-13,20,23,26,29H,2-4,10-11,14-19H2,1H3,(H,30,33). The molecular weight excluding hydrogens is 415 g/mol. The molecule has 0 bridgehead atoms. The fourth-order valence-corrected chi connectivity index (χ4v) is 5.12. The zero-order valence-electron chi connectivity index (χ0n) is 19.7. The highest BCUT2D eigenvalue weighted by atomic mass is 19.1. The van der Waals surface area contributed by atoms with Crippen LogP contribution in [-0.4, -0.2) is 56.1 Å². The molecule has 1 saturated heterocycles. The van der Waals surface area contributed by atoms with Gasteiger partial charge in [-0.2, -0.15) is 0 Å². The molecule has 178 valence electrons. The Hall–Kier alpha value is -2.44. The van der Waals surface area contributed by atoms with E-state index in [2.05, 4.69) is 33.4 Å². The molecule has 1 heterocycles. The first-order valence-electron chi connectivity index (χ1n) is 12.4. The number of carbonyl (C=O) groups excluding carboxylic acids is 1. The van der Waals surface area contributed by atoms with Gasteiger partial charge in [0.05, 0.1) is 0 Å². The van der Waals surface area contributed by atoms with Crippen molar-refractivity contribution < 1.29 is 9.18 Å². The minimum absolute atomic E-state index is 0.0146. The van der Waals surface area contributed by atoms with Crippen molar-refractivity contribution in [1.29, 1.82) is 0 Å². The predicted octanol–water partition coefficient (Wildman–Crippen LogP) is 4.04. The second kappa shape index (κ2) is 11.6. The normalized spacial score (nSPS) is 18.6. The van der Waals surface area contributed by atoms with Gasteiger partial charge in [0.15, 0.2) is 0 Å². The number of hydrogen-bond donors (Lipinski definition) is 2. The van der Waals surface area contributed by atoms with E-state index in [-0.39, 0.29) is 17.8 Å². The molecule has 1 saturated carbocycles. The first-order chi connectivity index (χ1) is 16.1. The number of amides is 1. The number of hydrogen-bond acceptors (Lipinski definition) is 4. The third-order valence-corrected chi connectivity index (χ3v) is 7.00. The summed E-state index contributed by atoms with van der Waals surface area (Å²) in [5.74, 6) is -0.267. The Kier molecular flexibility index (Phi) is 8.35. The lowest BCUT2D eigenvalue weighted by Gasteiger charge is -2.37. The average Bonchev–Trinajstić information content (AvgIpc) is 2.84. The molecule has 2 aromatic carbocycles. The Labute approximate surface area is 197 Å². The molecule has 1 aliphatic heterocycles. The smallest absolute Gasteiger partial charge is 0.247 e. The van der Waals surface area contributed by atoms with E-state index in [0.29, 0.717) is 6.54 Å². The number of rotatable bonds is 8. The van der Waals surface area contributed by atoms with Crippen LogP contribution in [0.5, 0.6) is 0 Å². The van der Waals surface area contributed by atoms with Gasteiger partial charge in [0.2, 0.25) is 5.91 Å². The lowest BCUT2D eigenvalue weighted by atomic mass is 9.93. The number of nitrogens with one attached hydrogen (secondary N) is 2. The van der Waals surface area contributed by atoms with Gasteiger partial charge >= 0.3 is 0 Å². The summed E-state index contributed by atoms with van der Waals surface area (Å²) in [7, 11) is 0. The minimum atomic E-state index is -0.502. The van der Waals surface area contributed by atoms with Crippen LogP contribution in [0.1, 0.15) is 49.3 Å². The number of halogens is 1. The molecule has 1 unspecified atom stereocenters.